The van der Waals surface area contributed by atoms with Gasteiger partial charge in [0.25, 0.3) is 0 Å². The lowest BCUT2D eigenvalue weighted by Crippen LogP contribution is -2.55. The lowest BCUT2D eigenvalue weighted by atomic mass is 10.1. The number of hydrogen-bond acceptors (Lipinski definition) is 4. The minimum atomic E-state index is -3.61. The normalized spacial score (nSPS) is 16.3. The number of hydrogen-bond donors (Lipinski definition) is 0. The third kappa shape index (κ3) is 5.40. The van der Waals surface area contributed by atoms with E-state index in [1.54, 1.807) is 11.8 Å². The minimum Gasteiger partial charge on any atom is -0.338 e. The molecular formula is C23H31N3O3S. The highest BCUT2D eigenvalue weighted by molar-refractivity contribution is 7.92. The molecule has 6 nitrogen and oxygen atoms in total. The summed E-state index contributed by atoms with van der Waals surface area (Å²) in [5, 5.41) is 0. The van der Waals surface area contributed by atoms with Crippen molar-refractivity contribution in [3.8, 4) is 0 Å². The van der Waals surface area contributed by atoms with Gasteiger partial charge in [-0.3, -0.25) is 14.0 Å². The largest absolute Gasteiger partial charge is 0.338 e. The summed E-state index contributed by atoms with van der Waals surface area (Å²) in [5.74, 6) is -0.154. The first kappa shape index (κ1) is 22.3. The van der Waals surface area contributed by atoms with Gasteiger partial charge in [0.15, 0.2) is 0 Å². The molecule has 7 heteroatoms. The number of anilines is 1. The van der Waals surface area contributed by atoms with Crippen molar-refractivity contribution in [2.24, 2.45) is 0 Å². The number of rotatable bonds is 6. The molecule has 2 aromatic rings. The van der Waals surface area contributed by atoms with E-state index in [0.717, 1.165) is 37.0 Å². The van der Waals surface area contributed by atoms with Crippen molar-refractivity contribution < 1.29 is 13.2 Å². The second kappa shape index (κ2) is 9.18. The zero-order chi connectivity index (χ0) is 21.9. The molecule has 1 aliphatic heterocycles. The molecule has 0 aliphatic carbocycles. The monoisotopic (exact) mass is 429 g/mol. The average Bonchev–Trinajstić information content (AvgIpc) is 2.67. The van der Waals surface area contributed by atoms with Crippen molar-refractivity contribution in [2.45, 2.75) is 33.4 Å². The van der Waals surface area contributed by atoms with Crippen LogP contribution in [0.3, 0.4) is 0 Å². The fourth-order valence-corrected chi connectivity index (χ4v) is 5.27. The first-order valence-electron chi connectivity index (χ1n) is 10.3. The van der Waals surface area contributed by atoms with Crippen LogP contribution in [0.15, 0.2) is 48.5 Å². The van der Waals surface area contributed by atoms with Gasteiger partial charge in [-0.25, -0.2) is 8.42 Å². The molecule has 3 rings (SSSR count). The highest BCUT2D eigenvalue weighted by atomic mass is 32.2. The first-order chi connectivity index (χ1) is 14.1. The highest BCUT2D eigenvalue weighted by Crippen LogP contribution is 2.25. The van der Waals surface area contributed by atoms with E-state index < -0.39 is 16.1 Å². The van der Waals surface area contributed by atoms with E-state index in [-0.39, 0.29) is 5.91 Å². The summed E-state index contributed by atoms with van der Waals surface area (Å²) >= 11 is 0. The van der Waals surface area contributed by atoms with Gasteiger partial charge in [-0.15, -0.1) is 0 Å². The summed E-state index contributed by atoms with van der Waals surface area (Å²) in [5.41, 5.74) is 3.72. The van der Waals surface area contributed by atoms with Gasteiger partial charge in [0.1, 0.15) is 6.04 Å². The molecule has 1 aliphatic rings. The van der Waals surface area contributed by atoms with Gasteiger partial charge in [-0.2, -0.15) is 0 Å². The van der Waals surface area contributed by atoms with Crippen molar-refractivity contribution >= 4 is 21.6 Å². The number of carbonyl (C=O) groups is 1. The summed E-state index contributed by atoms with van der Waals surface area (Å²) < 4.78 is 26.4. The Kier molecular flexibility index (Phi) is 6.83. The number of sulfonamides is 1. The molecule has 0 N–H and O–H groups in total. The highest BCUT2D eigenvalue weighted by Gasteiger charge is 2.33. The van der Waals surface area contributed by atoms with E-state index in [4.69, 9.17) is 0 Å². The number of nitrogens with zero attached hydrogens (tertiary/aromatic N) is 3. The Morgan fingerprint density at radius 2 is 1.57 bits per heavy atom. The first-order valence-corrected chi connectivity index (χ1v) is 12.1. The van der Waals surface area contributed by atoms with Crippen molar-refractivity contribution in [1.82, 2.24) is 9.80 Å². The Morgan fingerprint density at radius 3 is 2.10 bits per heavy atom. The van der Waals surface area contributed by atoms with E-state index in [1.165, 1.54) is 9.87 Å². The van der Waals surface area contributed by atoms with Gasteiger partial charge >= 0.3 is 0 Å². The van der Waals surface area contributed by atoms with Crippen molar-refractivity contribution in [3.05, 3.63) is 65.2 Å². The number of benzene rings is 2. The fraction of sp³-hybridized carbons (Fsp3) is 0.435. The van der Waals surface area contributed by atoms with E-state index in [2.05, 4.69) is 17.0 Å². The van der Waals surface area contributed by atoms with E-state index in [9.17, 15) is 13.2 Å². The summed E-state index contributed by atoms with van der Waals surface area (Å²) in [6, 6.07) is 15.1. The standard InChI is InChI=1S/C23H31N3O3S/c1-18-14-19(2)16-22(15-18)26(30(4,28)29)20(3)23(27)25-12-10-24(11-13-25)17-21-8-6-5-7-9-21/h5-9,14-16,20H,10-13,17H2,1-4H3/t20-/m1/s1. The molecule has 0 bridgehead atoms. The maximum absolute atomic E-state index is 13.2. The van der Waals surface area contributed by atoms with Gasteiger partial charge < -0.3 is 4.90 Å². The predicted molar refractivity (Wildman–Crippen MR) is 121 cm³/mol. The Morgan fingerprint density at radius 1 is 1.00 bits per heavy atom. The quantitative estimate of drug-likeness (QED) is 0.709. The lowest BCUT2D eigenvalue weighted by molar-refractivity contribution is -0.133. The van der Waals surface area contributed by atoms with Crippen LogP contribution in [0.4, 0.5) is 5.69 Å². The topological polar surface area (TPSA) is 60.9 Å². The molecule has 1 fully saturated rings. The fourth-order valence-electron chi connectivity index (χ4n) is 4.11. The molecule has 0 spiro atoms. The van der Waals surface area contributed by atoms with Crippen LogP contribution in [-0.4, -0.2) is 62.6 Å². The van der Waals surface area contributed by atoms with E-state index in [0.29, 0.717) is 18.8 Å². The molecule has 0 unspecified atom stereocenters. The molecule has 0 radical (unpaired) electrons. The van der Waals surface area contributed by atoms with Crippen LogP contribution >= 0.6 is 0 Å². The van der Waals surface area contributed by atoms with Gasteiger partial charge in [-0.1, -0.05) is 36.4 Å². The van der Waals surface area contributed by atoms with Crippen molar-refractivity contribution in [2.75, 3.05) is 36.7 Å². The van der Waals surface area contributed by atoms with Crippen LogP contribution in [-0.2, 0) is 21.4 Å². The van der Waals surface area contributed by atoms with E-state index in [1.807, 2.05) is 50.2 Å². The average molecular weight is 430 g/mol. The Labute approximate surface area is 180 Å². The Balaban J connectivity index is 1.70. The Bertz CT molecular complexity index is 964. The van der Waals surface area contributed by atoms with Crippen LogP contribution in [0, 0.1) is 13.8 Å². The van der Waals surface area contributed by atoms with Gasteiger partial charge in [0.2, 0.25) is 15.9 Å². The third-order valence-corrected chi connectivity index (χ3v) is 6.70. The summed E-state index contributed by atoms with van der Waals surface area (Å²) in [6.45, 7) is 9.13. The molecule has 1 amide bonds. The van der Waals surface area contributed by atoms with Gasteiger partial charge in [-0.05, 0) is 49.6 Å². The lowest BCUT2D eigenvalue weighted by Gasteiger charge is -2.38. The van der Waals surface area contributed by atoms with Crippen molar-refractivity contribution in [3.63, 3.8) is 0 Å². The second-order valence-electron chi connectivity index (χ2n) is 8.17. The zero-order valence-electron chi connectivity index (χ0n) is 18.2. The Hall–Kier alpha value is -2.38. The summed E-state index contributed by atoms with van der Waals surface area (Å²) in [7, 11) is -3.61. The van der Waals surface area contributed by atoms with E-state index >= 15 is 0 Å². The smallest absolute Gasteiger partial charge is 0.246 e. The summed E-state index contributed by atoms with van der Waals surface area (Å²) in [6.07, 6.45) is 1.16. The number of amides is 1. The molecule has 30 heavy (non-hydrogen) atoms. The molecule has 1 saturated heterocycles. The molecular weight excluding hydrogens is 398 g/mol. The van der Waals surface area contributed by atoms with Crippen LogP contribution in [0.2, 0.25) is 0 Å². The molecule has 1 heterocycles. The third-order valence-electron chi connectivity index (χ3n) is 5.46. The predicted octanol–water partition coefficient (Wildman–Crippen LogP) is 2.80. The van der Waals surface area contributed by atoms with Gasteiger partial charge in [0, 0.05) is 32.7 Å². The maximum Gasteiger partial charge on any atom is 0.246 e. The molecule has 2 aromatic carbocycles. The maximum atomic E-state index is 13.2. The second-order valence-corrected chi connectivity index (χ2v) is 10.0. The SMILES string of the molecule is Cc1cc(C)cc(N([C@H](C)C(=O)N2CCN(Cc3ccccc3)CC2)S(C)(=O)=O)c1. The molecule has 162 valence electrons. The molecule has 1 atom stereocenters. The number of carbonyl (C=O) groups excluding carboxylic acids is 1. The number of piperazine rings is 1. The summed E-state index contributed by atoms with van der Waals surface area (Å²) in [4.78, 5) is 17.3. The van der Waals surface area contributed by atoms with Gasteiger partial charge in [0.05, 0.1) is 11.9 Å². The number of aryl methyl sites for hydroxylation is 2. The van der Waals surface area contributed by atoms with Crippen LogP contribution in [0.1, 0.15) is 23.6 Å². The zero-order valence-corrected chi connectivity index (χ0v) is 19.0. The minimum absolute atomic E-state index is 0.154. The molecule has 0 aromatic heterocycles. The van der Waals surface area contributed by atoms with Crippen LogP contribution in [0.25, 0.3) is 0 Å². The molecule has 0 saturated carbocycles. The van der Waals surface area contributed by atoms with Crippen LogP contribution in [0.5, 0.6) is 0 Å². The van der Waals surface area contributed by atoms with Crippen molar-refractivity contribution in [1.29, 1.82) is 0 Å². The van der Waals surface area contributed by atoms with Crippen LogP contribution < -0.4 is 4.31 Å².